The van der Waals surface area contributed by atoms with Crippen LogP contribution in [0.5, 0.6) is 5.75 Å². The highest BCUT2D eigenvalue weighted by Crippen LogP contribution is 2.37. The third-order valence-electron chi connectivity index (χ3n) is 3.24. The molecule has 0 N–H and O–H groups in total. The van der Waals surface area contributed by atoms with Crippen LogP contribution in [0.25, 0.3) is 0 Å². The molecule has 0 saturated carbocycles. The number of aryl methyl sites for hydroxylation is 1. The quantitative estimate of drug-likeness (QED) is 0.381. The third kappa shape index (κ3) is 6.99. The molecule has 0 aliphatic rings. The van der Waals surface area contributed by atoms with E-state index in [0.717, 1.165) is 17.3 Å². The molecule has 0 aliphatic heterocycles. The van der Waals surface area contributed by atoms with E-state index in [1.165, 1.54) is 0 Å². The minimum atomic E-state index is -0.885. The largest absolute Gasteiger partial charge is 0.426 e. The van der Waals surface area contributed by atoms with Crippen molar-refractivity contribution in [2.45, 2.75) is 53.4 Å². The number of hydrogen-bond donors (Lipinski definition) is 0. The molecule has 0 radical (unpaired) electrons. The van der Waals surface area contributed by atoms with Gasteiger partial charge in [0.2, 0.25) is 0 Å². The second kappa shape index (κ2) is 9.36. The first-order valence-corrected chi connectivity index (χ1v) is 9.49. The average molecular weight is 340 g/mol. The smallest absolute Gasteiger partial charge is 0.313 e. The van der Waals surface area contributed by atoms with Crippen molar-refractivity contribution in [3.63, 3.8) is 0 Å². The lowest BCUT2D eigenvalue weighted by molar-refractivity contribution is -0.135. The van der Waals surface area contributed by atoms with Crippen LogP contribution < -0.4 is 4.74 Å². The first kappa shape index (κ1) is 20.1. The number of ether oxygens (including phenoxy) is 1. The van der Waals surface area contributed by atoms with Crippen molar-refractivity contribution < 1.29 is 18.6 Å². The van der Waals surface area contributed by atoms with Gasteiger partial charge in [-0.1, -0.05) is 45.4 Å². The molecule has 0 aliphatic carbocycles. The summed E-state index contributed by atoms with van der Waals surface area (Å²) in [7, 11) is -0.885. The van der Waals surface area contributed by atoms with E-state index in [4.69, 9.17) is 13.8 Å². The maximum Gasteiger partial charge on any atom is 0.313 e. The van der Waals surface area contributed by atoms with E-state index in [0.29, 0.717) is 19.0 Å². The fourth-order valence-corrected chi connectivity index (χ4v) is 3.11. The van der Waals surface area contributed by atoms with Gasteiger partial charge in [0.1, 0.15) is 5.75 Å². The number of carbonyl (C=O) groups excluding carboxylic acids is 1. The third-order valence-corrected chi connectivity index (χ3v) is 4.77. The van der Waals surface area contributed by atoms with Crippen molar-refractivity contribution in [2.75, 3.05) is 19.4 Å². The van der Waals surface area contributed by atoms with Gasteiger partial charge >= 0.3 is 5.97 Å². The number of benzene rings is 1. The van der Waals surface area contributed by atoms with Gasteiger partial charge in [0.25, 0.3) is 0 Å². The minimum absolute atomic E-state index is 0.0797. The van der Waals surface area contributed by atoms with E-state index in [1.807, 2.05) is 32.9 Å². The second-order valence-electron chi connectivity index (χ2n) is 6.37. The summed E-state index contributed by atoms with van der Waals surface area (Å²) in [5, 5.41) is 0. The Labute approximate surface area is 141 Å². The van der Waals surface area contributed by atoms with Crippen LogP contribution in [-0.2, 0) is 19.3 Å². The lowest BCUT2D eigenvalue weighted by Gasteiger charge is -2.23. The normalized spacial score (nSPS) is 13.0. The predicted molar refractivity (Wildman–Crippen MR) is 95.2 cm³/mol. The number of esters is 1. The maximum atomic E-state index is 12.1. The van der Waals surface area contributed by atoms with Gasteiger partial charge in [-0.15, -0.1) is 0 Å². The van der Waals surface area contributed by atoms with Crippen molar-refractivity contribution in [2.24, 2.45) is 0 Å². The molecule has 1 rings (SSSR count). The minimum Gasteiger partial charge on any atom is -0.426 e. The summed E-state index contributed by atoms with van der Waals surface area (Å²) in [6.45, 7) is 13.3. The molecule has 1 aromatic rings. The van der Waals surface area contributed by atoms with Gasteiger partial charge in [-0.25, -0.2) is 0 Å². The highest BCUT2D eigenvalue weighted by atomic mass is 31.2. The monoisotopic (exact) mass is 340 g/mol. The van der Waals surface area contributed by atoms with Crippen molar-refractivity contribution in [3.8, 4) is 5.75 Å². The van der Waals surface area contributed by atoms with Gasteiger partial charge in [0.05, 0.1) is 19.6 Å². The van der Waals surface area contributed by atoms with E-state index in [9.17, 15) is 4.79 Å². The van der Waals surface area contributed by atoms with Crippen molar-refractivity contribution in [1.29, 1.82) is 0 Å². The lowest BCUT2D eigenvalue weighted by atomic mass is 9.85. The SMILES string of the molecule is CCOP(CC)OCCC(=O)Oc1ccc(C)cc1C(C)(C)C. The number of hydrogen-bond acceptors (Lipinski definition) is 4. The Kier molecular flexibility index (Phi) is 8.18. The van der Waals surface area contributed by atoms with E-state index < -0.39 is 8.38 Å². The van der Waals surface area contributed by atoms with Crippen molar-refractivity contribution in [3.05, 3.63) is 29.3 Å². The molecular weight excluding hydrogens is 311 g/mol. The Morgan fingerprint density at radius 2 is 1.87 bits per heavy atom. The van der Waals surface area contributed by atoms with E-state index >= 15 is 0 Å². The summed E-state index contributed by atoms with van der Waals surface area (Å²) in [5.41, 5.74) is 2.11. The summed E-state index contributed by atoms with van der Waals surface area (Å²) in [4.78, 5) is 12.1. The van der Waals surface area contributed by atoms with Gasteiger partial charge in [-0.3, -0.25) is 4.79 Å². The number of rotatable bonds is 8. The Morgan fingerprint density at radius 3 is 2.43 bits per heavy atom. The van der Waals surface area contributed by atoms with Gasteiger partial charge in [-0.2, -0.15) is 0 Å². The molecule has 0 amide bonds. The molecule has 1 atom stereocenters. The molecule has 0 fully saturated rings. The molecule has 0 heterocycles. The zero-order valence-electron chi connectivity index (χ0n) is 15.1. The molecule has 0 aromatic heterocycles. The summed E-state index contributed by atoms with van der Waals surface area (Å²) in [5.74, 6) is 0.359. The highest BCUT2D eigenvalue weighted by molar-refractivity contribution is 7.47. The summed E-state index contributed by atoms with van der Waals surface area (Å²) in [6, 6.07) is 5.90. The Morgan fingerprint density at radius 1 is 1.17 bits per heavy atom. The lowest BCUT2D eigenvalue weighted by Crippen LogP contribution is -2.17. The van der Waals surface area contributed by atoms with Crippen LogP contribution in [0.3, 0.4) is 0 Å². The van der Waals surface area contributed by atoms with Crippen molar-refractivity contribution >= 4 is 14.3 Å². The van der Waals surface area contributed by atoms with E-state index in [1.54, 1.807) is 0 Å². The van der Waals surface area contributed by atoms with Crippen LogP contribution in [0.4, 0.5) is 0 Å². The Hall–Kier alpha value is -0.960. The maximum absolute atomic E-state index is 12.1. The first-order chi connectivity index (χ1) is 10.8. The summed E-state index contributed by atoms with van der Waals surface area (Å²) < 4.78 is 16.6. The van der Waals surface area contributed by atoms with E-state index in [2.05, 4.69) is 26.8 Å². The zero-order valence-corrected chi connectivity index (χ0v) is 16.0. The summed E-state index contributed by atoms with van der Waals surface area (Å²) in [6.07, 6.45) is 1.05. The number of carbonyl (C=O) groups is 1. The molecule has 23 heavy (non-hydrogen) atoms. The highest BCUT2D eigenvalue weighted by Gasteiger charge is 2.21. The van der Waals surface area contributed by atoms with Gasteiger partial charge in [0.15, 0.2) is 8.38 Å². The molecule has 5 heteroatoms. The fraction of sp³-hybridized carbons (Fsp3) is 0.611. The zero-order chi connectivity index (χ0) is 17.5. The molecule has 0 saturated heterocycles. The fourth-order valence-electron chi connectivity index (χ4n) is 2.09. The molecule has 1 unspecified atom stereocenters. The molecule has 0 spiro atoms. The molecule has 130 valence electrons. The van der Waals surface area contributed by atoms with Gasteiger partial charge in [-0.05, 0) is 25.3 Å². The molecule has 0 bridgehead atoms. The predicted octanol–water partition coefficient (Wildman–Crippen LogP) is 4.97. The molecular formula is C18H29O4P. The first-order valence-electron chi connectivity index (χ1n) is 8.13. The topological polar surface area (TPSA) is 44.8 Å². The van der Waals surface area contributed by atoms with Crippen LogP contribution in [0.1, 0.15) is 52.2 Å². The van der Waals surface area contributed by atoms with Crippen LogP contribution in [0.15, 0.2) is 18.2 Å². The Balaban J connectivity index is 2.61. The molecule has 1 aromatic carbocycles. The van der Waals surface area contributed by atoms with Crippen molar-refractivity contribution in [1.82, 2.24) is 0 Å². The average Bonchev–Trinajstić information content (AvgIpc) is 2.47. The standard InChI is InChI=1S/C18H29O4P/c1-7-20-23(8-2)21-12-11-17(19)22-16-10-9-14(3)13-15(16)18(4,5)6/h9-10,13H,7-8,11-12H2,1-6H3. The van der Waals surface area contributed by atoms with Crippen LogP contribution >= 0.6 is 8.38 Å². The Bertz CT molecular complexity index is 508. The van der Waals surface area contributed by atoms with Crippen LogP contribution in [-0.4, -0.2) is 25.3 Å². The van der Waals surface area contributed by atoms with Gasteiger partial charge in [0, 0.05) is 11.7 Å². The second-order valence-corrected chi connectivity index (χ2v) is 8.19. The van der Waals surface area contributed by atoms with Crippen LogP contribution in [0, 0.1) is 6.92 Å². The van der Waals surface area contributed by atoms with Crippen LogP contribution in [0.2, 0.25) is 0 Å². The summed E-state index contributed by atoms with van der Waals surface area (Å²) >= 11 is 0. The molecule has 4 nitrogen and oxygen atoms in total. The van der Waals surface area contributed by atoms with E-state index in [-0.39, 0.29) is 17.8 Å². The van der Waals surface area contributed by atoms with Gasteiger partial charge < -0.3 is 13.8 Å².